The number of amides is 2. The van der Waals surface area contributed by atoms with Crippen molar-refractivity contribution in [3.05, 3.63) is 41.5 Å². The van der Waals surface area contributed by atoms with Crippen LogP contribution in [0.15, 0.2) is 30.3 Å². The predicted octanol–water partition coefficient (Wildman–Crippen LogP) is 1.34. The fourth-order valence-corrected chi connectivity index (χ4v) is 1.50. The van der Waals surface area contributed by atoms with Gasteiger partial charge >= 0.3 is 0 Å². The molecule has 2 N–H and O–H groups in total. The molecule has 0 spiro atoms. The molecule has 0 heterocycles. The highest BCUT2D eigenvalue weighted by atomic mass is 16.2. The Morgan fingerprint density at radius 2 is 1.89 bits per heavy atom. The minimum atomic E-state index is -0.148. The first-order chi connectivity index (χ1) is 8.69. The van der Waals surface area contributed by atoms with Crippen molar-refractivity contribution in [3.8, 4) is 0 Å². The normalized spacial score (nSPS) is 14.5. The highest BCUT2D eigenvalue weighted by Crippen LogP contribution is 2.19. The van der Waals surface area contributed by atoms with Gasteiger partial charge in [-0.15, -0.1) is 0 Å². The summed E-state index contributed by atoms with van der Waals surface area (Å²) in [7, 11) is 1.58. The van der Waals surface area contributed by atoms with E-state index in [-0.39, 0.29) is 11.8 Å². The third-order valence-corrected chi connectivity index (χ3v) is 2.76. The first-order valence-corrected chi connectivity index (χ1v) is 6.00. The zero-order chi connectivity index (χ0) is 13.0. The molecule has 0 unspecified atom stereocenters. The second-order valence-corrected chi connectivity index (χ2v) is 4.32. The van der Waals surface area contributed by atoms with Crippen molar-refractivity contribution < 1.29 is 9.59 Å². The molecule has 0 bridgehead atoms. The molecule has 2 rings (SSSR count). The first kappa shape index (κ1) is 12.4. The number of carbonyl (C=O) groups excluding carboxylic acids is 2. The molecule has 1 aromatic rings. The molecule has 18 heavy (non-hydrogen) atoms. The zero-order valence-corrected chi connectivity index (χ0v) is 10.3. The van der Waals surface area contributed by atoms with Gasteiger partial charge < -0.3 is 10.6 Å². The maximum atomic E-state index is 11.7. The quantitative estimate of drug-likeness (QED) is 0.785. The van der Waals surface area contributed by atoms with Crippen LogP contribution in [0.3, 0.4) is 0 Å². The molecule has 4 heteroatoms. The lowest BCUT2D eigenvalue weighted by Crippen LogP contribution is -2.25. The number of hydrogen-bond donors (Lipinski definition) is 2. The molecule has 0 radical (unpaired) electrons. The van der Waals surface area contributed by atoms with E-state index in [1.165, 1.54) is 6.08 Å². The lowest BCUT2D eigenvalue weighted by Gasteiger charge is -2.03. The molecular formula is C14H16N2O2. The Kier molecular flexibility index (Phi) is 3.77. The molecule has 2 amide bonds. The van der Waals surface area contributed by atoms with Crippen molar-refractivity contribution in [1.29, 1.82) is 0 Å². The van der Waals surface area contributed by atoms with Crippen molar-refractivity contribution in [1.82, 2.24) is 10.6 Å². The number of benzene rings is 1. The summed E-state index contributed by atoms with van der Waals surface area (Å²) >= 11 is 0. The Balaban J connectivity index is 1.98. The van der Waals surface area contributed by atoms with Crippen LogP contribution in [-0.2, 0) is 4.79 Å². The van der Waals surface area contributed by atoms with Crippen molar-refractivity contribution in [2.75, 3.05) is 7.05 Å². The monoisotopic (exact) mass is 244 g/mol. The van der Waals surface area contributed by atoms with Gasteiger partial charge in [0.15, 0.2) is 0 Å². The van der Waals surface area contributed by atoms with E-state index in [4.69, 9.17) is 0 Å². The van der Waals surface area contributed by atoms with E-state index >= 15 is 0 Å². The molecule has 1 aliphatic carbocycles. The number of rotatable bonds is 4. The average molecular weight is 244 g/mol. The van der Waals surface area contributed by atoms with Crippen LogP contribution >= 0.6 is 0 Å². The molecule has 1 saturated carbocycles. The summed E-state index contributed by atoms with van der Waals surface area (Å²) in [5.41, 5.74) is 1.54. The van der Waals surface area contributed by atoms with E-state index in [1.807, 2.05) is 12.1 Å². The highest BCUT2D eigenvalue weighted by molar-refractivity contribution is 5.95. The van der Waals surface area contributed by atoms with Crippen molar-refractivity contribution >= 4 is 17.9 Å². The van der Waals surface area contributed by atoms with Crippen LogP contribution in [0.2, 0.25) is 0 Å². The van der Waals surface area contributed by atoms with Gasteiger partial charge in [0.25, 0.3) is 5.91 Å². The van der Waals surface area contributed by atoms with Gasteiger partial charge in [-0.25, -0.2) is 0 Å². The van der Waals surface area contributed by atoms with Crippen LogP contribution in [0.1, 0.15) is 28.8 Å². The Bertz CT molecular complexity index is 473. The molecule has 4 nitrogen and oxygen atoms in total. The molecule has 0 atom stereocenters. The van der Waals surface area contributed by atoms with Crippen LogP contribution < -0.4 is 10.6 Å². The summed E-state index contributed by atoms with van der Waals surface area (Å²) in [5.74, 6) is -0.176. The molecule has 1 fully saturated rings. The maximum absolute atomic E-state index is 11.7. The summed E-state index contributed by atoms with van der Waals surface area (Å²) in [6, 6.07) is 7.54. The SMILES string of the molecule is CNC(=O)/C=C/c1ccc(C(=O)NC2CC2)cc1. The Labute approximate surface area is 106 Å². The molecule has 0 aliphatic heterocycles. The van der Waals surface area contributed by atoms with Crippen molar-refractivity contribution in [2.45, 2.75) is 18.9 Å². The standard InChI is InChI=1S/C14H16N2O2/c1-15-13(17)9-4-10-2-5-11(6-3-10)14(18)16-12-7-8-12/h2-6,9,12H,7-8H2,1H3,(H,15,17)(H,16,18)/b9-4+. The van der Waals surface area contributed by atoms with Crippen LogP contribution in [0.5, 0.6) is 0 Å². The Morgan fingerprint density at radius 3 is 2.44 bits per heavy atom. The van der Waals surface area contributed by atoms with Gasteiger partial charge in [-0.2, -0.15) is 0 Å². The van der Waals surface area contributed by atoms with Crippen LogP contribution in [0.4, 0.5) is 0 Å². The van der Waals surface area contributed by atoms with Crippen molar-refractivity contribution in [2.24, 2.45) is 0 Å². The van der Waals surface area contributed by atoms with Gasteiger partial charge in [0.1, 0.15) is 0 Å². The third-order valence-electron chi connectivity index (χ3n) is 2.76. The number of likely N-dealkylation sites (N-methyl/N-ethyl adjacent to an activating group) is 1. The smallest absolute Gasteiger partial charge is 0.251 e. The molecular weight excluding hydrogens is 228 g/mol. The fourth-order valence-electron chi connectivity index (χ4n) is 1.50. The highest BCUT2D eigenvalue weighted by Gasteiger charge is 2.23. The van der Waals surface area contributed by atoms with Gasteiger partial charge in [0, 0.05) is 24.7 Å². The van der Waals surface area contributed by atoms with E-state index < -0.39 is 0 Å². The second-order valence-electron chi connectivity index (χ2n) is 4.32. The lowest BCUT2D eigenvalue weighted by atomic mass is 10.1. The van der Waals surface area contributed by atoms with E-state index in [9.17, 15) is 9.59 Å². The maximum Gasteiger partial charge on any atom is 0.251 e. The predicted molar refractivity (Wildman–Crippen MR) is 70.0 cm³/mol. The van der Waals surface area contributed by atoms with Gasteiger partial charge in [0.05, 0.1) is 0 Å². The van der Waals surface area contributed by atoms with Crippen LogP contribution in [0.25, 0.3) is 6.08 Å². The summed E-state index contributed by atoms with van der Waals surface area (Å²) in [6.07, 6.45) is 5.33. The van der Waals surface area contributed by atoms with E-state index in [1.54, 1.807) is 25.3 Å². The fraction of sp³-hybridized carbons (Fsp3) is 0.286. The first-order valence-electron chi connectivity index (χ1n) is 6.00. The topological polar surface area (TPSA) is 58.2 Å². The number of nitrogens with one attached hydrogen (secondary N) is 2. The van der Waals surface area contributed by atoms with Gasteiger partial charge in [-0.3, -0.25) is 9.59 Å². The van der Waals surface area contributed by atoms with Gasteiger partial charge in [0.2, 0.25) is 5.91 Å². The minimum Gasteiger partial charge on any atom is -0.356 e. The summed E-state index contributed by atoms with van der Waals surface area (Å²) < 4.78 is 0. The zero-order valence-electron chi connectivity index (χ0n) is 10.3. The van der Waals surface area contributed by atoms with E-state index in [2.05, 4.69) is 10.6 Å². The molecule has 1 aliphatic rings. The molecule has 0 aromatic heterocycles. The average Bonchev–Trinajstić information content (AvgIpc) is 3.20. The van der Waals surface area contributed by atoms with Crippen LogP contribution in [-0.4, -0.2) is 24.9 Å². The molecule has 1 aromatic carbocycles. The summed E-state index contributed by atoms with van der Waals surface area (Å²) in [5, 5.41) is 5.43. The lowest BCUT2D eigenvalue weighted by molar-refractivity contribution is -0.115. The van der Waals surface area contributed by atoms with Crippen molar-refractivity contribution in [3.63, 3.8) is 0 Å². The van der Waals surface area contributed by atoms with E-state index in [0.717, 1.165) is 18.4 Å². The minimum absolute atomic E-state index is 0.0284. The van der Waals surface area contributed by atoms with Gasteiger partial charge in [-0.1, -0.05) is 12.1 Å². The van der Waals surface area contributed by atoms with Crippen LogP contribution in [0, 0.1) is 0 Å². The number of hydrogen-bond acceptors (Lipinski definition) is 2. The summed E-state index contributed by atoms with van der Waals surface area (Å²) in [4.78, 5) is 22.8. The number of carbonyl (C=O) groups is 2. The van der Waals surface area contributed by atoms with E-state index in [0.29, 0.717) is 11.6 Å². The Morgan fingerprint density at radius 1 is 1.22 bits per heavy atom. The molecule has 94 valence electrons. The largest absolute Gasteiger partial charge is 0.356 e. The van der Waals surface area contributed by atoms with Gasteiger partial charge in [-0.05, 0) is 36.6 Å². The third kappa shape index (κ3) is 3.45. The second kappa shape index (κ2) is 5.49. The molecule has 0 saturated heterocycles. The summed E-state index contributed by atoms with van der Waals surface area (Å²) in [6.45, 7) is 0. The Hall–Kier alpha value is -2.10.